The average Bonchev–Trinajstić information content (AvgIpc) is 2.77. The highest BCUT2D eigenvalue weighted by Gasteiger charge is 2.09. The number of fused-ring (bicyclic) bond motifs is 1. The van der Waals surface area contributed by atoms with Gasteiger partial charge in [-0.1, -0.05) is 36.4 Å². The first kappa shape index (κ1) is 18.6. The number of pyridine rings is 1. The number of halogens is 1. The predicted octanol–water partition coefficient (Wildman–Crippen LogP) is 4.88. The first-order valence-corrected chi connectivity index (χ1v) is 9.27. The van der Waals surface area contributed by atoms with Crippen LogP contribution in [0.1, 0.15) is 21.5 Å². The minimum Gasteiger partial charge on any atom is -0.489 e. The summed E-state index contributed by atoms with van der Waals surface area (Å²) in [5, 5.41) is 3.65. The maximum absolute atomic E-state index is 14.4. The maximum Gasteiger partial charge on any atom is 0.251 e. The third-order valence-electron chi connectivity index (χ3n) is 4.57. The highest BCUT2D eigenvalue weighted by molar-refractivity contribution is 5.97. The number of benzene rings is 3. The summed E-state index contributed by atoms with van der Waals surface area (Å²) < 4.78 is 20.1. The summed E-state index contributed by atoms with van der Waals surface area (Å²) in [5.41, 5.74) is 2.48. The first-order chi connectivity index (χ1) is 14.2. The van der Waals surface area contributed by atoms with Crippen LogP contribution in [0, 0.1) is 5.82 Å². The first-order valence-electron chi connectivity index (χ1n) is 9.27. The Morgan fingerprint density at radius 1 is 0.966 bits per heavy atom. The highest BCUT2D eigenvalue weighted by Crippen LogP contribution is 2.16. The third-order valence-corrected chi connectivity index (χ3v) is 4.57. The van der Waals surface area contributed by atoms with Crippen LogP contribution in [0.2, 0.25) is 0 Å². The number of rotatable bonds is 6. The molecule has 0 fully saturated rings. The van der Waals surface area contributed by atoms with Gasteiger partial charge < -0.3 is 10.1 Å². The Hall–Kier alpha value is -3.73. The second-order valence-electron chi connectivity index (χ2n) is 6.62. The molecule has 1 amide bonds. The van der Waals surface area contributed by atoms with E-state index in [4.69, 9.17) is 4.74 Å². The molecular formula is C24H19FN2O2. The van der Waals surface area contributed by atoms with E-state index in [2.05, 4.69) is 10.3 Å². The number of amides is 1. The van der Waals surface area contributed by atoms with Crippen molar-refractivity contribution in [3.63, 3.8) is 0 Å². The number of hydrogen-bond acceptors (Lipinski definition) is 3. The number of carbonyl (C=O) groups excluding carboxylic acids is 1. The van der Waals surface area contributed by atoms with Crippen LogP contribution in [0.15, 0.2) is 85.1 Å². The van der Waals surface area contributed by atoms with E-state index in [1.54, 1.807) is 36.5 Å². The minimum atomic E-state index is -0.373. The van der Waals surface area contributed by atoms with Crippen LogP contribution in [0.4, 0.5) is 4.39 Å². The molecule has 0 aliphatic rings. The third kappa shape index (κ3) is 4.58. The van der Waals surface area contributed by atoms with Crippen LogP contribution in [0.5, 0.6) is 5.75 Å². The lowest BCUT2D eigenvalue weighted by Crippen LogP contribution is -2.23. The molecule has 1 heterocycles. The Kier molecular flexibility index (Phi) is 5.47. The number of carbonyl (C=O) groups is 1. The summed E-state index contributed by atoms with van der Waals surface area (Å²) in [5.74, 6) is 0.101. The molecule has 0 atom stereocenters. The van der Waals surface area contributed by atoms with Gasteiger partial charge in [-0.2, -0.15) is 0 Å². The summed E-state index contributed by atoms with van der Waals surface area (Å²) in [4.78, 5) is 16.7. The van der Waals surface area contributed by atoms with Crippen molar-refractivity contribution >= 4 is 16.8 Å². The smallest absolute Gasteiger partial charge is 0.251 e. The molecule has 4 aromatic rings. The Morgan fingerprint density at radius 3 is 2.66 bits per heavy atom. The fourth-order valence-electron chi connectivity index (χ4n) is 3.00. The standard InChI is InChI=1S/C24H19FN2O2/c25-22-13-17(16-29-21-6-2-1-3-7-21)8-9-20(22)15-27-24(28)19-10-11-23-18(14-19)5-4-12-26-23/h1-14H,15-16H2,(H,27,28). The van der Waals surface area contributed by atoms with Crippen molar-refractivity contribution in [1.82, 2.24) is 10.3 Å². The van der Waals surface area contributed by atoms with Gasteiger partial charge in [0, 0.05) is 29.3 Å². The highest BCUT2D eigenvalue weighted by atomic mass is 19.1. The van der Waals surface area contributed by atoms with Gasteiger partial charge in [0.15, 0.2) is 0 Å². The van der Waals surface area contributed by atoms with Gasteiger partial charge in [0.1, 0.15) is 18.2 Å². The van der Waals surface area contributed by atoms with Crippen molar-refractivity contribution < 1.29 is 13.9 Å². The van der Waals surface area contributed by atoms with Crippen LogP contribution in [0.3, 0.4) is 0 Å². The molecule has 0 unspecified atom stereocenters. The molecule has 0 radical (unpaired) electrons. The maximum atomic E-state index is 14.4. The van der Waals surface area contributed by atoms with E-state index in [-0.39, 0.29) is 24.9 Å². The van der Waals surface area contributed by atoms with E-state index < -0.39 is 0 Å². The lowest BCUT2D eigenvalue weighted by Gasteiger charge is -2.10. The Bertz CT molecular complexity index is 1150. The van der Waals surface area contributed by atoms with Gasteiger partial charge in [-0.05, 0) is 48.0 Å². The van der Waals surface area contributed by atoms with E-state index in [0.717, 1.165) is 22.2 Å². The van der Waals surface area contributed by atoms with E-state index in [9.17, 15) is 9.18 Å². The number of ether oxygens (including phenoxy) is 1. The summed E-state index contributed by atoms with van der Waals surface area (Å²) in [6.07, 6.45) is 1.71. The van der Waals surface area contributed by atoms with Crippen LogP contribution in [-0.4, -0.2) is 10.9 Å². The van der Waals surface area contributed by atoms with Gasteiger partial charge in [0.25, 0.3) is 5.91 Å². The van der Waals surface area contributed by atoms with Crippen LogP contribution < -0.4 is 10.1 Å². The van der Waals surface area contributed by atoms with Crippen molar-refractivity contribution in [1.29, 1.82) is 0 Å². The van der Waals surface area contributed by atoms with Gasteiger partial charge in [0.2, 0.25) is 0 Å². The number of aromatic nitrogens is 1. The molecule has 144 valence electrons. The SMILES string of the molecule is O=C(NCc1ccc(COc2ccccc2)cc1F)c1ccc2ncccc2c1. The van der Waals surface area contributed by atoms with Crippen molar-refractivity contribution in [2.45, 2.75) is 13.2 Å². The van der Waals surface area contributed by atoms with Crippen molar-refractivity contribution in [2.75, 3.05) is 0 Å². The summed E-state index contributed by atoms with van der Waals surface area (Å²) >= 11 is 0. The summed E-state index contributed by atoms with van der Waals surface area (Å²) in [6.45, 7) is 0.383. The molecule has 3 aromatic carbocycles. The molecule has 29 heavy (non-hydrogen) atoms. The molecule has 0 spiro atoms. The van der Waals surface area contributed by atoms with E-state index in [0.29, 0.717) is 11.1 Å². The van der Waals surface area contributed by atoms with Gasteiger partial charge in [-0.25, -0.2) is 4.39 Å². The number of hydrogen-bond donors (Lipinski definition) is 1. The number of nitrogens with one attached hydrogen (secondary N) is 1. The molecule has 0 bridgehead atoms. The molecular weight excluding hydrogens is 367 g/mol. The fourth-order valence-corrected chi connectivity index (χ4v) is 3.00. The molecule has 4 nitrogen and oxygen atoms in total. The normalized spacial score (nSPS) is 10.7. The van der Waals surface area contributed by atoms with Gasteiger partial charge in [0.05, 0.1) is 5.52 Å². The molecule has 0 aliphatic heterocycles. The average molecular weight is 386 g/mol. The predicted molar refractivity (Wildman–Crippen MR) is 110 cm³/mol. The Balaban J connectivity index is 1.38. The van der Waals surface area contributed by atoms with E-state index >= 15 is 0 Å². The van der Waals surface area contributed by atoms with Crippen molar-refractivity contribution in [3.05, 3.63) is 108 Å². The summed E-state index contributed by atoms with van der Waals surface area (Å²) in [6, 6.07) is 23.3. The second kappa shape index (κ2) is 8.52. The van der Waals surface area contributed by atoms with Gasteiger partial charge in [-0.3, -0.25) is 9.78 Å². The molecule has 5 heteroatoms. The summed E-state index contributed by atoms with van der Waals surface area (Å²) in [7, 11) is 0. The van der Waals surface area contributed by atoms with Crippen molar-refractivity contribution in [3.8, 4) is 5.75 Å². The van der Waals surface area contributed by atoms with Gasteiger partial charge in [-0.15, -0.1) is 0 Å². The van der Waals surface area contributed by atoms with Crippen LogP contribution >= 0.6 is 0 Å². The zero-order chi connectivity index (χ0) is 20.1. The van der Waals surface area contributed by atoms with Crippen molar-refractivity contribution in [2.24, 2.45) is 0 Å². The lowest BCUT2D eigenvalue weighted by molar-refractivity contribution is 0.0950. The van der Waals surface area contributed by atoms with E-state index in [1.165, 1.54) is 6.07 Å². The molecule has 1 N–H and O–H groups in total. The zero-order valence-electron chi connectivity index (χ0n) is 15.6. The topological polar surface area (TPSA) is 51.2 Å². The quantitative estimate of drug-likeness (QED) is 0.514. The van der Waals surface area contributed by atoms with E-state index in [1.807, 2.05) is 42.5 Å². The largest absolute Gasteiger partial charge is 0.489 e. The Labute approximate surface area is 168 Å². The monoisotopic (exact) mass is 386 g/mol. The minimum absolute atomic E-state index is 0.107. The van der Waals surface area contributed by atoms with Crippen LogP contribution in [0.25, 0.3) is 10.9 Å². The molecule has 1 aromatic heterocycles. The Morgan fingerprint density at radius 2 is 1.83 bits per heavy atom. The molecule has 0 saturated carbocycles. The van der Waals surface area contributed by atoms with Crippen LogP contribution in [-0.2, 0) is 13.2 Å². The second-order valence-corrected chi connectivity index (χ2v) is 6.62. The lowest BCUT2D eigenvalue weighted by atomic mass is 10.1. The fraction of sp³-hybridized carbons (Fsp3) is 0.0833. The van der Waals surface area contributed by atoms with Gasteiger partial charge >= 0.3 is 0 Å². The molecule has 0 aliphatic carbocycles. The number of para-hydroxylation sites is 1. The zero-order valence-corrected chi connectivity index (χ0v) is 15.6. The number of nitrogens with zero attached hydrogens (tertiary/aromatic N) is 1. The molecule has 4 rings (SSSR count). The molecule has 0 saturated heterocycles.